The van der Waals surface area contributed by atoms with Crippen LogP contribution in [0.25, 0.3) is 10.9 Å². The molecule has 1 heterocycles. The number of aromatic nitrogens is 1. The van der Waals surface area contributed by atoms with Crippen molar-refractivity contribution < 1.29 is 0 Å². The van der Waals surface area contributed by atoms with E-state index in [0.29, 0.717) is 5.92 Å². The van der Waals surface area contributed by atoms with E-state index in [1.54, 1.807) is 0 Å². The van der Waals surface area contributed by atoms with E-state index in [2.05, 4.69) is 37.0 Å². The van der Waals surface area contributed by atoms with Crippen molar-refractivity contribution in [3.05, 3.63) is 36.0 Å². The highest BCUT2D eigenvalue weighted by molar-refractivity contribution is 5.85. The minimum atomic E-state index is 0. The highest BCUT2D eigenvalue weighted by Crippen LogP contribution is 2.26. The van der Waals surface area contributed by atoms with E-state index in [4.69, 9.17) is 5.73 Å². The number of hydrogen-bond acceptors (Lipinski definition) is 1. The van der Waals surface area contributed by atoms with Crippen LogP contribution < -0.4 is 5.73 Å². The number of H-pyrrole nitrogens is 1. The lowest BCUT2D eigenvalue weighted by atomic mass is 9.97. The van der Waals surface area contributed by atoms with Crippen LogP contribution >= 0.6 is 12.4 Å². The van der Waals surface area contributed by atoms with Gasteiger partial charge in [-0.15, -0.1) is 12.4 Å². The van der Waals surface area contributed by atoms with Crippen molar-refractivity contribution in [3.8, 4) is 0 Å². The van der Waals surface area contributed by atoms with Gasteiger partial charge in [-0.05, 0) is 24.0 Å². The molecule has 1 aromatic carbocycles. The number of para-hydroxylation sites is 1. The Morgan fingerprint density at radius 2 is 1.94 bits per heavy atom. The van der Waals surface area contributed by atoms with Crippen LogP contribution in [0.15, 0.2) is 30.5 Å². The van der Waals surface area contributed by atoms with E-state index in [0.717, 1.165) is 6.42 Å². The maximum Gasteiger partial charge on any atom is 0.0457 e. The highest BCUT2D eigenvalue weighted by atomic mass is 35.5. The molecule has 16 heavy (non-hydrogen) atoms. The Labute approximate surface area is 103 Å². The van der Waals surface area contributed by atoms with E-state index >= 15 is 0 Å². The minimum absolute atomic E-state index is 0. The fourth-order valence-corrected chi connectivity index (χ4v) is 2.04. The van der Waals surface area contributed by atoms with Gasteiger partial charge in [0.15, 0.2) is 0 Å². The summed E-state index contributed by atoms with van der Waals surface area (Å²) in [4.78, 5) is 3.26. The van der Waals surface area contributed by atoms with Gasteiger partial charge in [-0.3, -0.25) is 0 Å². The average Bonchev–Trinajstić information content (AvgIpc) is 2.59. The SMILES string of the molecule is CC(C)C[C@@H](N)c1c[nH]c2ccccc12.Cl. The second-order valence-electron chi connectivity index (χ2n) is 4.53. The largest absolute Gasteiger partial charge is 0.361 e. The number of nitrogens with one attached hydrogen (secondary N) is 1. The summed E-state index contributed by atoms with van der Waals surface area (Å²) in [6.07, 6.45) is 3.07. The number of benzene rings is 1. The minimum Gasteiger partial charge on any atom is -0.361 e. The zero-order valence-corrected chi connectivity index (χ0v) is 10.6. The fourth-order valence-electron chi connectivity index (χ4n) is 2.04. The quantitative estimate of drug-likeness (QED) is 0.843. The first-order chi connectivity index (χ1) is 7.18. The van der Waals surface area contributed by atoms with E-state index in [-0.39, 0.29) is 18.4 Å². The molecule has 0 spiro atoms. The monoisotopic (exact) mass is 238 g/mol. The van der Waals surface area contributed by atoms with E-state index < -0.39 is 0 Å². The van der Waals surface area contributed by atoms with Crippen molar-refractivity contribution in [2.24, 2.45) is 11.7 Å². The molecular weight excluding hydrogens is 220 g/mol. The molecule has 0 aliphatic carbocycles. The smallest absolute Gasteiger partial charge is 0.0457 e. The van der Waals surface area contributed by atoms with Gasteiger partial charge >= 0.3 is 0 Å². The van der Waals surface area contributed by atoms with Crippen molar-refractivity contribution in [3.63, 3.8) is 0 Å². The number of fused-ring (bicyclic) bond motifs is 1. The Morgan fingerprint density at radius 1 is 1.25 bits per heavy atom. The Hall–Kier alpha value is -0.990. The van der Waals surface area contributed by atoms with Gasteiger partial charge in [0.25, 0.3) is 0 Å². The van der Waals surface area contributed by atoms with Crippen molar-refractivity contribution in [1.29, 1.82) is 0 Å². The third kappa shape index (κ3) is 2.57. The zero-order chi connectivity index (χ0) is 10.8. The van der Waals surface area contributed by atoms with Gasteiger partial charge in [0.1, 0.15) is 0 Å². The van der Waals surface area contributed by atoms with Gasteiger partial charge in [0.05, 0.1) is 0 Å². The van der Waals surface area contributed by atoms with Crippen LogP contribution in [-0.2, 0) is 0 Å². The van der Waals surface area contributed by atoms with Crippen LogP contribution in [0.5, 0.6) is 0 Å². The van der Waals surface area contributed by atoms with Gasteiger partial charge in [-0.2, -0.15) is 0 Å². The van der Waals surface area contributed by atoms with Gasteiger partial charge in [-0.25, -0.2) is 0 Å². The lowest BCUT2D eigenvalue weighted by Gasteiger charge is -2.13. The molecule has 1 aromatic heterocycles. The van der Waals surface area contributed by atoms with E-state index in [1.165, 1.54) is 16.5 Å². The molecule has 88 valence electrons. The molecule has 2 rings (SSSR count). The van der Waals surface area contributed by atoms with Crippen molar-refractivity contribution >= 4 is 23.3 Å². The average molecular weight is 239 g/mol. The molecule has 3 N–H and O–H groups in total. The van der Waals surface area contributed by atoms with E-state index in [9.17, 15) is 0 Å². The van der Waals surface area contributed by atoms with E-state index in [1.807, 2.05) is 12.3 Å². The summed E-state index contributed by atoms with van der Waals surface area (Å²) >= 11 is 0. The summed E-state index contributed by atoms with van der Waals surface area (Å²) in [7, 11) is 0. The molecule has 0 radical (unpaired) electrons. The number of rotatable bonds is 3. The number of aromatic amines is 1. The first kappa shape index (κ1) is 13.1. The predicted octanol–water partition coefficient (Wildman–Crippen LogP) is 3.64. The summed E-state index contributed by atoms with van der Waals surface area (Å²) in [5, 5.41) is 1.26. The predicted molar refractivity (Wildman–Crippen MR) is 71.9 cm³/mol. The van der Waals surface area contributed by atoms with Crippen LogP contribution in [0.4, 0.5) is 0 Å². The third-order valence-electron chi connectivity index (χ3n) is 2.75. The Balaban J connectivity index is 0.00000128. The van der Waals surface area contributed by atoms with Gasteiger partial charge < -0.3 is 10.7 Å². The fraction of sp³-hybridized carbons (Fsp3) is 0.385. The van der Waals surface area contributed by atoms with Crippen molar-refractivity contribution in [2.45, 2.75) is 26.3 Å². The maximum atomic E-state index is 6.19. The molecular formula is C13H19ClN2. The summed E-state index contributed by atoms with van der Waals surface area (Å²) in [6, 6.07) is 8.45. The normalized spacial score (nSPS) is 12.8. The zero-order valence-electron chi connectivity index (χ0n) is 9.73. The third-order valence-corrected chi connectivity index (χ3v) is 2.75. The van der Waals surface area contributed by atoms with Crippen LogP contribution in [0, 0.1) is 5.92 Å². The van der Waals surface area contributed by atoms with Crippen molar-refractivity contribution in [2.75, 3.05) is 0 Å². The number of hydrogen-bond donors (Lipinski definition) is 2. The Bertz CT molecular complexity index is 448. The summed E-state index contributed by atoms with van der Waals surface area (Å²) < 4.78 is 0. The van der Waals surface area contributed by atoms with Gasteiger partial charge in [0.2, 0.25) is 0 Å². The topological polar surface area (TPSA) is 41.8 Å². The lowest BCUT2D eigenvalue weighted by Crippen LogP contribution is -2.12. The molecule has 0 unspecified atom stereocenters. The van der Waals surface area contributed by atoms with Crippen molar-refractivity contribution in [1.82, 2.24) is 4.98 Å². The molecule has 0 aliphatic heterocycles. The molecule has 2 aromatic rings. The summed E-state index contributed by atoms with van der Waals surface area (Å²) in [5.41, 5.74) is 8.59. The standard InChI is InChI=1S/C13H18N2.ClH/c1-9(2)7-12(14)11-8-15-13-6-4-3-5-10(11)13;/h3-6,8-9,12,15H,7,14H2,1-2H3;1H/t12-;/m1./s1. The first-order valence-electron chi connectivity index (χ1n) is 5.50. The Morgan fingerprint density at radius 3 is 2.62 bits per heavy atom. The molecule has 0 amide bonds. The maximum absolute atomic E-state index is 6.19. The molecule has 0 saturated heterocycles. The highest BCUT2D eigenvalue weighted by Gasteiger charge is 2.12. The summed E-state index contributed by atoms with van der Waals surface area (Å²) in [5.74, 6) is 0.633. The second-order valence-corrected chi connectivity index (χ2v) is 4.53. The number of halogens is 1. The molecule has 3 heteroatoms. The molecule has 0 bridgehead atoms. The van der Waals surface area contributed by atoms with Crippen LogP contribution in [0.1, 0.15) is 31.9 Å². The van der Waals surface area contributed by atoms with Gasteiger partial charge in [0, 0.05) is 23.1 Å². The molecule has 0 saturated carbocycles. The lowest BCUT2D eigenvalue weighted by molar-refractivity contribution is 0.512. The van der Waals surface area contributed by atoms with Crippen LogP contribution in [-0.4, -0.2) is 4.98 Å². The molecule has 0 aliphatic rings. The summed E-state index contributed by atoms with van der Waals surface area (Å²) in [6.45, 7) is 4.41. The number of nitrogens with two attached hydrogens (primary N) is 1. The molecule has 2 nitrogen and oxygen atoms in total. The van der Waals surface area contributed by atoms with Crippen LogP contribution in [0.2, 0.25) is 0 Å². The second kappa shape index (κ2) is 5.37. The molecule has 1 atom stereocenters. The van der Waals surface area contributed by atoms with Gasteiger partial charge in [-0.1, -0.05) is 32.0 Å². The first-order valence-corrected chi connectivity index (χ1v) is 5.50. The molecule has 0 fully saturated rings. The Kier molecular flexibility index (Phi) is 4.39. The van der Waals surface area contributed by atoms with Crippen LogP contribution in [0.3, 0.4) is 0 Å².